The van der Waals surface area contributed by atoms with Crippen molar-refractivity contribution >= 4 is 21.7 Å². The first-order valence-electron chi connectivity index (χ1n) is 5.41. The molecule has 0 unspecified atom stereocenters. The first-order valence-corrected chi connectivity index (χ1v) is 7.20. The number of benzene rings is 2. The Hall–Kier alpha value is -1.56. The van der Waals surface area contributed by atoms with Crippen molar-refractivity contribution < 1.29 is 17.7 Å². The lowest BCUT2D eigenvalue weighted by atomic mass is 10.2. The third-order valence-corrected chi connectivity index (χ3v) is 3.93. The smallest absolute Gasteiger partial charge is 0.339 e. The maximum atomic E-state index is 12.0. The monoisotopic (exact) mass is 298 g/mol. The minimum absolute atomic E-state index is 0.0307. The fourth-order valence-corrected chi connectivity index (χ4v) is 2.48. The molecule has 6 heteroatoms. The Morgan fingerprint density at radius 1 is 1.00 bits per heavy atom. The van der Waals surface area contributed by atoms with Gasteiger partial charge in [0.2, 0.25) is 0 Å². The van der Waals surface area contributed by atoms with E-state index < -0.39 is 10.1 Å². The van der Waals surface area contributed by atoms with E-state index >= 15 is 0 Å². The van der Waals surface area contributed by atoms with Gasteiger partial charge in [-0.15, -0.1) is 0 Å². The van der Waals surface area contributed by atoms with Crippen LogP contribution in [0.5, 0.6) is 5.75 Å². The molecule has 0 heterocycles. The Morgan fingerprint density at radius 3 is 2.11 bits per heavy atom. The van der Waals surface area contributed by atoms with Crippen LogP contribution >= 0.6 is 11.6 Å². The summed E-state index contributed by atoms with van der Waals surface area (Å²) in [6, 6.07) is 11.9. The van der Waals surface area contributed by atoms with Crippen molar-refractivity contribution in [1.82, 2.24) is 0 Å². The number of aliphatic hydroxyl groups is 1. The molecular formula is C13H11ClO4S. The second-order valence-corrected chi connectivity index (χ2v) is 5.78. The van der Waals surface area contributed by atoms with Crippen LogP contribution in [0.15, 0.2) is 53.4 Å². The molecule has 0 saturated heterocycles. The van der Waals surface area contributed by atoms with E-state index in [2.05, 4.69) is 0 Å². The number of aliphatic hydroxyl groups excluding tert-OH is 1. The van der Waals surface area contributed by atoms with Gasteiger partial charge in [0.05, 0.1) is 6.61 Å². The lowest BCUT2D eigenvalue weighted by Crippen LogP contribution is -2.09. The Labute approximate surface area is 116 Å². The predicted octanol–water partition coefficient (Wildman–Crippen LogP) is 2.60. The summed E-state index contributed by atoms with van der Waals surface area (Å²) in [5.41, 5.74) is 0.677. The molecule has 0 amide bonds. The van der Waals surface area contributed by atoms with Crippen molar-refractivity contribution in [2.24, 2.45) is 0 Å². The second kappa shape index (κ2) is 5.61. The van der Waals surface area contributed by atoms with Gasteiger partial charge in [0, 0.05) is 5.02 Å². The molecule has 0 aliphatic rings. The number of hydrogen-bond acceptors (Lipinski definition) is 4. The summed E-state index contributed by atoms with van der Waals surface area (Å²) >= 11 is 5.70. The maximum absolute atomic E-state index is 12.0. The molecule has 0 saturated carbocycles. The average molecular weight is 299 g/mol. The summed E-state index contributed by atoms with van der Waals surface area (Å²) in [5.74, 6) is 0.187. The van der Waals surface area contributed by atoms with E-state index in [1.54, 1.807) is 12.1 Å². The molecule has 0 fully saturated rings. The van der Waals surface area contributed by atoms with E-state index in [9.17, 15) is 8.42 Å². The summed E-state index contributed by atoms with van der Waals surface area (Å²) in [6.07, 6.45) is 0. The zero-order chi connectivity index (χ0) is 13.9. The van der Waals surface area contributed by atoms with Gasteiger partial charge >= 0.3 is 10.1 Å². The molecule has 0 aliphatic carbocycles. The number of hydrogen-bond donors (Lipinski definition) is 1. The number of halogens is 1. The largest absolute Gasteiger partial charge is 0.392 e. The third-order valence-electron chi connectivity index (χ3n) is 2.41. The van der Waals surface area contributed by atoms with E-state index in [0.717, 1.165) is 0 Å². The molecule has 4 nitrogen and oxygen atoms in total. The Bertz CT molecular complexity index is 648. The van der Waals surface area contributed by atoms with Crippen LogP contribution in [0.4, 0.5) is 0 Å². The van der Waals surface area contributed by atoms with E-state index in [-0.39, 0.29) is 17.3 Å². The van der Waals surface area contributed by atoms with Crippen molar-refractivity contribution in [2.45, 2.75) is 11.5 Å². The molecular weight excluding hydrogens is 288 g/mol. The predicted molar refractivity (Wildman–Crippen MR) is 71.6 cm³/mol. The maximum Gasteiger partial charge on any atom is 0.339 e. The standard InChI is InChI=1S/C13H11ClO4S/c14-11-3-7-13(8-4-11)19(16,17)18-12-5-1-10(9-15)2-6-12/h1-8,15H,9H2. The van der Waals surface area contributed by atoms with Crippen LogP contribution in [-0.4, -0.2) is 13.5 Å². The lowest BCUT2D eigenvalue weighted by Gasteiger charge is -2.07. The summed E-state index contributed by atoms with van der Waals surface area (Å²) in [6.45, 7) is -0.107. The van der Waals surface area contributed by atoms with E-state index in [1.807, 2.05) is 0 Å². The van der Waals surface area contributed by atoms with Gasteiger partial charge in [0.25, 0.3) is 0 Å². The van der Waals surface area contributed by atoms with Crippen molar-refractivity contribution in [2.75, 3.05) is 0 Å². The van der Waals surface area contributed by atoms with Gasteiger partial charge in [-0.25, -0.2) is 0 Å². The Kier molecular flexibility index (Phi) is 4.09. The third kappa shape index (κ3) is 3.47. The van der Waals surface area contributed by atoms with Crippen LogP contribution in [-0.2, 0) is 16.7 Å². The minimum Gasteiger partial charge on any atom is -0.392 e. The first kappa shape index (κ1) is 13.9. The molecule has 2 aromatic rings. The fraction of sp³-hybridized carbons (Fsp3) is 0.0769. The SMILES string of the molecule is O=S(=O)(Oc1ccc(CO)cc1)c1ccc(Cl)cc1. The molecule has 0 aromatic heterocycles. The van der Waals surface area contributed by atoms with Crippen LogP contribution in [0.1, 0.15) is 5.56 Å². The molecule has 19 heavy (non-hydrogen) atoms. The molecule has 1 N–H and O–H groups in total. The highest BCUT2D eigenvalue weighted by Crippen LogP contribution is 2.20. The van der Waals surface area contributed by atoms with Crippen LogP contribution in [0.25, 0.3) is 0 Å². The zero-order valence-electron chi connectivity index (χ0n) is 9.78. The van der Waals surface area contributed by atoms with Crippen LogP contribution in [0.2, 0.25) is 5.02 Å². The van der Waals surface area contributed by atoms with E-state index in [4.69, 9.17) is 20.9 Å². The quantitative estimate of drug-likeness (QED) is 0.881. The van der Waals surface area contributed by atoms with Gasteiger partial charge in [-0.2, -0.15) is 8.42 Å². The summed E-state index contributed by atoms with van der Waals surface area (Å²) in [4.78, 5) is 0.0307. The summed E-state index contributed by atoms with van der Waals surface area (Å²) in [7, 11) is -3.87. The van der Waals surface area contributed by atoms with E-state index in [1.165, 1.54) is 36.4 Å². The molecule has 0 spiro atoms. The highest BCUT2D eigenvalue weighted by Gasteiger charge is 2.16. The molecule has 0 radical (unpaired) electrons. The van der Waals surface area contributed by atoms with E-state index in [0.29, 0.717) is 10.6 Å². The molecule has 0 bridgehead atoms. The van der Waals surface area contributed by atoms with Crippen molar-refractivity contribution in [1.29, 1.82) is 0 Å². The highest BCUT2D eigenvalue weighted by molar-refractivity contribution is 7.87. The van der Waals surface area contributed by atoms with Gasteiger partial charge in [0.15, 0.2) is 0 Å². The fourth-order valence-electron chi connectivity index (χ4n) is 1.43. The minimum atomic E-state index is -3.87. The van der Waals surface area contributed by atoms with Crippen molar-refractivity contribution in [3.05, 3.63) is 59.1 Å². The molecule has 2 rings (SSSR count). The summed E-state index contributed by atoms with van der Waals surface area (Å²) in [5, 5.41) is 9.34. The Balaban J connectivity index is 2.23. The van der Waals surface area contributed by atoms with Gasteiger partial charge in [0.1, 0.15) is 10.6 Å². The average Bonchev–Trinajstić information content (AvgIpc) is 2.40. The van der Waals surface area contributed by atoms with Gasteiger partial charge in [-0.05, 0) is 42.0 Å². The highest BCUT2D eigenvalue weighted by atomic mass is 35.5. The molecule has 0 aliphatic heterocycles. The Morgan fingerprint density at radius 2 is 1.58 bits per heavy atom. The van der Waals surface area contributed by atoms with Gasteiger partial charge in [-0.3, -0.25) is 0 Å². The number of rotatable bonds is 4. The van der Waals surface area contributed by atoms with Gasteiger partial charge < -0.3 is 9.29 Å². The van der Waals surface area contributed by atoms with Crippen LogP contribution < -0.4 is 4.18 Å². The molecule has 100 valence electrons. The lowest BCUT2D eigenvalue weighted by molar-refractivity contribution is 0.282. The molecule has 2 aromatic carbocycles. The van der Waals surface area contributed by atoms with Gasteiger partial charge in [-0.1, -0.05) is 23.7 Å². The second-order valence-electron chi connectivity index (χ2n) is 3.79. The first-order chi connectivity index (χ1) is 9.01. The van der Waals surface area contributed by atoms with Crippen molar-refractivity contribution in [3.8, 4) is 5.75 Å². The zero-order valence-corrected chi connectivity index (χ0v) is 11.4. The normalized spacial score (nSPS) is 11.3. The topological polar surface area (TPSA) is 63.6 Å². The van der Waals surface area contributed by atoms with Crippen molar-refractivity contribution in [3.63, 3.8) is 0 Å². The van der Waals surface area contributed by atoms with Crippen LogP contribution in [0.3, 0.4) is 0 Å². The summed E-state index contributed by atoms with van der Waals surface area (Å²) < 4.78 is 28.9. The molecule has 0 atom stereocenters. The van der Waals surface area contributed by atoms with Crippen LogP contribution in [0, 0.1) is 0 Å².